The predicted molar refractivity (Wildman–Crippen MR) is 67.8 cm³/mol. The van der Waals surface area contributed by atoms with E-state index in [-0.39, 0.29) is 36.1 Å². The maximum Gasteiger partial charge on any atom is 0.223 e. The molecule has 3 nitrogen and oxygen atoms in total. The third-order valence-electron chi connectivity index (χ3n) is 4.22. The van der Waals surface area contributed by atoms with Crippen LogP contribution in [0.25, 0.3) is 0 Å². The number of hydrogen-bond donors (Lipinski definition) is 0. The number of Topliss-reactive ketones (excluding diaryl/α,β-unsaturated/α-hetero) is 1. The average molecular weight is 297 g/mol. The maximum atomic E-state index is 13.4. The van der Waals surface area contributed by atoms with Gasteiger partial charge in [-0.3, -0.25) is 9.59 Å². The molecule has 0 aliphatic carbocycles. The van der Waals surface area contributed by atoms with Crippen LogP contribution in [0.15, 0.2) is 12.1 Å². The van der Waals surface area contributed by atoms with Crippen molar-refractivity contribution in [2.75, 3.05) is 0 Å². The quantitative estimate of drug-likeness (QED) is 0.747. The molecule has 2 saturated heterocycles. The van der Waals surface area contributed by atoms with Gasteiger partial charge in [0.2, 0.25) is 5.91 Å². The number of halogens is 3. The fourth-order valence-electron chi connectivity index (χ4n) is 3.30. The van der Waals surface area contributed by atoms with Gasteiger partial charge in [-0.05, 0) is 30.5 Å². The largest absolute Gasteiger partial charge is 0.332 e. The van der Waals surface area contributed by atoms with Gasteiger partial charge in [-0.25, -0.2) is 13.2 Å². The number of nitrogens with zero attached hydrogens (tertiary/aromatic N) is 1. The first-order valence-corrected chi connectivity index (χ1v) is 6.94. The van der Waals surface area contributed by atoms with Crippen LogP contribution >= 0.6 is 0 Å². The summed E-state index contributed by atoms with van der Waals surface area (Å²) in [5.74, 6) is -4.30. The minimum absolute atomic E-state index is 0.0206. The highest BCUT2D eigenvalue weighted by atomic mass is 19.2. The fourth-order valence-corrected chi connectivity index (χ4v) is 3.30. The Morgan fingerprint density at radius 3 is 2.38 bits per heavy atom. The lowest BCUT2D eigenvalue weighted by molar-refractivity contribution is -0.145. The van der Waals surface area contributed by atoms with Gasteiger partial charge in [0.15, 0.2) is 17.5 Å². The molecule has 0 aromatic heterocycles. The Morgan fingerprint density at radius 2 is 1.71 bits per heavy atom. The van der Waals surface area contributed by atoms with E-state index < -0.39 is 23.5 Å². The number of hydrogen-bond acceptors (Lipinski definition) is 2. The first-order chi connectivity index (χ1) is 9.97. The summed E-state index contributed by atoms with van der Waals surface area (Å²) in [4.78, 5) is 25.5. The van der Waals surface area contributed by atoms with Crippen LogP contribution in [0.1, 0.15) is 43.7 Å². The number of piperidine rings is 2. The van der Waals surface area contributed by atoms with Crippen LogP contribution in [-0.2, 0) is 9.59 Å². The zero-order valence-corrected chi connectivity index (χ0v) is 11.2. The molecule has 2 unspecified atom stereocenters. The number of benzene rings is 1. The number of ketones is 1. The topological polar surface area (TPSA) is 37.4 Å². The molecule has 2 atom stereocenters. The lowest BCUT2D eigenvalue weighted by atomic mass is 9.85. The van der Waals surface area contributed by atoms with E-state index in [0.29, 0.717) is 19.3 Å². The molecular weight excluding hydrogens is 283 g/mol. The van der Waals surface area contributed by atoms with Crippen molar-refractivity contribution in [3.63, 3.8) is 0 Å². The van der Waals surface area contributed by atoms with Gasteiger partial charge in [0.05, 0.1) is 6.04 Å². The number of amides is 1. The molecule has 1 aromatic rings. The van der Waals surface area contributed by atoms with Crippen LogP contribution in [0.2, 0.25) is 0 Å². The van der Waals surface area contributed by atoms with Gasteiger partial charge in [0.1, 0.15) is 5.78 Å². The Morgan fingerprint density at radius 1 is 1.05 bits per heavy atom. The second kappa shape index (κ2) is 5.16. The van der Waals surface area contributed by atoms with E-state index in [9.17, 15) is 22.8 Å². The summed E-state index contributed by atoms with van der Waals surface area (Å²) in [7, 11) is 0. The lowest BCUT2D eigenvalue weighted by Gasteiger charge is -2.44. The SMILES string of the molecule is O=C1CC2CCCC(=O)N2C(c2cc(F)c(F)c(F)c2)C1. The van der Waals surface area contributed by atoms with Crippen LogP contribution < -0.4 is 0 Å². The summed E-state index contributed by atoms with van der Waals surface area (Å²) in [6.45, 7) is 0. The van der Waals surface area contributed by atoms with Crippen molar-refractivity contribution in [2.24, 2.45) is 0 Å². The van der Waals surface area contributed by atoms with Gasteiger partial charge in [-0.15, -0.1) is 0 Å². The summed E-state index contributed by atoms with van der Waals surface area (Å²) in [5.41, 5.74) is 0.139. The molecule has 6 heteroatoms. The fraction of sp³-hybridized carbons (Fsp3) is 0.467. The molecule has 0 N–H and O–H groups in total. The maximum absolute atomic E-state index is 13.4. The number of carbonyl (C=O) groups is 2. The predicted octanol–water partition coefficient (Wildman–Crippen LogP) is 2.89. The third-order valence-corrected chi connectivity index (χ3v) is 4.22. The third kappa shape index (κ3) is 2.43. The Hall–Kier alpha value is -1.85. The summed E-state index contributed by atoms with van der Waals surface area (Å²) >= 11 is 0. The first-order valence-electron chi connectivity index (χ1n) is 6.94. The minimum atomic E-state index is -1.54. The Kier molecular flexibility index (Phi) is 3.47. The van der Waals surface area contributed by atoms with Crippen molar-refractivity contribution in [1.29, 1.82) is 0 Å². The van der Waals surface area contributed by atoms with E-state index in [1.54, 1.807) is 4.90 Å². The molecule has 112 valence electrons. The highest BCUT2D eigenvalue weighted by Gasteiger charge is 2.40. The Bertz CT molecular complexity index is 594. The number of fused-ring (bicyclic) bond motifs is 1. The molecule has 0 spiro atoms. The van der Waals surface area contributed by atoms with Crippen LogP contribution in [0.3, 0.4) is 0 Å². The molecule has 2 aliphatic heterocycles. The van der Waals surface area contributed by atoms with Crippen LogP contribution in [0.5, 0.6) is 0 Å². The van der Waals surface area contributed by atoms with Crippen LogP contribution in [-0.4, -0.2) is 22.6 Å². The molecule has 0 saturated carbocycles. The molecule has 0 radical (unpaired) electrons. The Balaban J connectivity index is 2.02. The second-order valence-corrected chi connectivity index (χ2v) is 5.61. The molecule has 3 rings (SSSR count). The van der Waals surface area contributed by atoms with Crippen molar-refractivity contribution in [3.8, 4) is 0 Å². The van der Waals surface area contributed by atoms with Crippen LogP contribution in [0.4, 0.5) is 13.2 Å². The smallest absolute Gasteiger partial charge is 0.223 e. The standard InChI is InChI=1S/C15H14F3NO2/c16-11-4-8(5-12(17)15(11)18)13-7-10(20)6-9-2-1-3-14(21)19(9)13/h4-5,9,13H,1-3,6-7H2. The van der Waals surface area contributed by atoms with Crippen molar-refractivity contribution in [2.45, 2.75) is 44.2 Å². The van der Waals surface area contributed by atoms with Crippen LogP contribution in [0, 0.1) is 17.5 Å². The lowest BCUT2D eigenvalue weighted by Crippen LogP contribution is -2.50. The van der Waals surface area contributed by atoms with E-state index in [1.807, 2.05) is 0 Å². The van der Waals surface area contributed by atoms with E-state index in [2.05, 4.69) is 0 Å². The normalized spacial score (nSPS) is 26.0. The first kappa shape index (κ1) is 14.1. The number of rotatable bonds is 1. The van der Waals surface area contributed by atoms with Gasteiger partial charge < -0.3 is 4.90 Å². The van der Waals surface area contributed by atoms with E-state index in [0.717, 1.165) is 12.1 Å². The summed E-state index contributed by atoms with van der Waals surface area (Å²) in [5, 5.41) is 0. The average Bonchev–Trinajstić information content (AvgIpc) is 2.43. The molecule has 2 fully saturated rings. The molecular formula is C15H14F3NO2. The summed E-state index contributed by atoms with van der Waals surface area (Å²) < 4.78 is 39.9. The van der Waals surface area contributed by atoms with E-state index >= 15 is 0 Å². The molecule has 1 aromatic carbocycles. The molecule has 21 heavy (non-hydrogen) atoms. The van der Waals surface area contributed by atoms with Crippen molar-refractivity contribution in [3.05, 3.63) is 35.1 Å². The monoisotopic (exact) mass is 297 g/mol. The molecule has 1 amide bonds. The summed E-state index contributed by atoms with van der Waals surface area (Å²) in [6.07, 6.45) is 2.10. The van der Waals surface area contributed by atoms with Crippen molar-refractivity contribution >= 4 is 11.7 Å². The molecule has 2 heterocycles. The van der Waals surface area contributed by atoms with Crippen molar-refractivity contribution < 1.29 is 22.8 Å². The molecule has 2 aliphatic rings. The van der Waals surface area contributed by atoms with Gasteiger partial charge in [0.25, 0.3) is 0 Å². The minimum Gasteiger partial charge on any atom is -0.332 e. The zero-order valence-electron chi connectivity index (χ0n) is 11.2. The van der Waals surface area contributed by atoms with E-state index in [1.165, 1.54) is 0 Å². The number of carbonyl (C=O) groups excluding carboxylic acids is 2. The van der Waals surface area contributed by atoms with Gasteiger partial charge in [0, 0.05) is 25.3 Å². The Labute approximate surface area is 119 Å². The second-order valence-electron chi connectivity index (χ2n) is 5.61. The zero-order chi connectivity index (χ0) is 15.1. The highest BCUT2D eigenvalue weighted by Crippen LogP contribution is 2.38. The van der Waals surface area contributed by atoms with Crippen molar-refractivity contribution in [1.82, 2.24) is 4.90 Å². The van der Waals surface area contributed by atoms with Gasteiger partial charge in [-0.1, -0.05) is 0 Å². The highest BCUT2D eigenvalue weighted by molar-refractivity contribution is 5.85. The van der Waals surface area contributed by atoms with E-state index in [4.69, 9.17) is 0 Å². The van der Waals surface area contributed by atoms with Gasteiger partial charge in [-0.2, -0.15) is 0 Å². The van der Waals surface area contributed by atoms with Gasteiger partial charge >= 0.3 is 0 Å². The molecule has 0 bridgehead atoms. The summed E-state index contributed by atoms with van der Waals surface area (Å²) in [6, 6.07) is 0.837.